The van der Waals surface area contributed by atoms with Gasteiger partial charge in [-0.1, -0.05) is 12.8 Å². The van der Waals surface area contributed by atoms with Crippen molar-refractivity contribution in [2.75, 3.05) is 6.61 Å². The van der Waals surface area contributed by atoms with Crippen molar-refractivity contribution < 1.29 is 9.53 Å². The lowest BCUT2D eigenvalue weighted by Gasteiger charge is -2.40. The highest BCUT2D eigenvalue weighted by atomic mass is 35.5. The molecule has 3 aliphatic rings. The Morgan fingerprint density at radius 2 is 1.93 bits per heavy atom. The third-order valence-electron chi connectivity index (χ3n) is 3.64. The molecule has 2 bridgehead atoms. The summed E-state index contributed by atoms with van der Waals surface area (Å²) in [6.45, 7) is 2.42. The zero-order valence-electron chi connectivity index (χ0n) is 8.70. The molecule has 0 amide bonds. The lowest BCUT2D eigenvalue weighted by Crippen LogP contribution is -2.36. The Balaban J connectivity index is 0.000000980. The number of hydrogen-bond donors (Lipinski definition) is 0. The van der Waals surface area contributed by atoms with Gasteiger partial charge < -0.3 is 4.74 Å². The standard InChI is InChI=1S/C11H18O2.ClH/c1-2-13-11(12)10-7-8-3-5-9(10)6-4-8;/h8-10H,2-7H2,1H3;1H. The van der Waals surface area contributed by atoms with Gasteiger partial charge in [0.1, 0.15) is 0 Å². The Labute approximate surface area is 91.8 Å². The van der Waals surface area contributed by atoms with Crippen LogP contribution in [0.15, 0.2) is 0 Å². The molecule has 3 aliphatic carbocycles. The number of hydrogen-bond acceptors (Lipinski definition) is 2. The summed E-state index contributed by atoms with van der Waals surface area (Å²) in [7, 11) is 0. The first-order valence-corrected chi connectivity index (χ1v) is 5.48. The van der Waals surface area contributed by atoms with E-state index in [0.29, 0.717) is 12.5 Å². The largest absolute Gasteiger partial charge is 0.466 e. The van der Waals surface area contributed by atoms with Gasteiger partial charge in [0.15, 0.2) is 0 Å². The van der Waals surface area contributed by atoms with Gasteiger partial charge in [0.2, 0.25) is 0 Å². The summed E-state index contributed by atoms with van der Waals surface area (Å²) in [6.07, 6.45) is 6.31. The van der Waals surface area contributed by atoms with E-state index in [1.165, 1.54) is 25.7 Å². The molecule has 0 aliphatic heterocycles. The second-order valence-electron chi connectivity index (χ2n) is 4.38. The molecule has 0 aromatic heterocycles. The molecule has 0 N–H and O–H groups in total. The molecule has 14 heavy (non-hydrogen) atoms. The minimum atomic E-state index is 0. The van der Waals surface area contributed by atoms with Crippen molar-refractivity contribution in [3.63, 3.8) is 0 Å². The normalized spacial score (nSPS) is 34.8. The van der Waals surface area contributed by atoms with Crippen molar-refractivity contribution in [2.24, 2.45) is 17.8 Å². The van der Waals surface area contributed by atoms with Crippen LogP contribution >= 0.6 is 12.4 Å². The topological polar surface area (TPSA) is 26.3 Å². The average molecular weight is 219 g/mol. The van der Waals surface area contributed by atoms with Gasteiger partial charge >= 0.3 is 5.97 Å². The zero-order valence-corrected chi connectivity index (χ0v) is 9.52. The highest BCUT2D eigenvalue weighted by molar-refractivity contribution is 5.85. The maximum atomic E-state index is 11.6. The first kappa shape index (κ1) is 11.8. The number of carbonyl (C=O) groups is 1. The van der Waals surface area contributed by atoms with Crippen molar-refractivity contribution in [3.05, 3.63) is 0 Å². The van der Waals surface area contributed by atoms with Crippen LogP contribution in [0.2, 0.25) is 0 Å². The number of fused-ring (bicyclic) bond motifs is 3. The predicted molar refractivity (Wildman–Crippen MR) is 57.4 cm³/mol. The average Bonchev–Trinajstić information content (AvgIpc) is 2.20. The third-order valence-corrected chi connectivity index (χ3v) is 3.64. The lowest BCUT2D eigenvalue weighted by atomic mass is 9.65. The van der Waals surface area contributed by atoms with Gasteiger partial charge in [-0.05, 0) is 38.0 Å². The second-order valence-corrected chi connectivity index (χ2v) is 4.38. The summed E-state index contributed by atoms with van der Waals surface area (Å²) in [5.41, 5.74) is 0. The summed E-state index contributed by atoms with van der Waals surface area (Å²) < 4.78 is 5.10. The van der Waals surface area contributed by atoms with Gasteiger partial charge in [-0.2, -0.15) is 0 Å². The second kappa shape index (κ2) is 5.01. The molecule has 1 unspecified atom stereocenters. The summed E-state index contributed by atoms with van der Waals surface area (Å²) in [5, 5.41) is 0. The Morgan fingerprint density at radius 1 is 1.29 bits per heavy atom. The molecule has 82 valence electrons. The van der Waals surface area contributed by atoms with E-state index in [1.54, 1.807) is 0 Å². The Kier molecular flexibility index (Phi) is 4.24. The number of halogens is 1. The molecule has 3 saturated carbocycles. The van der Waals surface area contributed by atoms with E-state index >= 15 is 0 Å². The molecule has 0 radical (unpaired) electrons. The molecule has 0 aromatic carbocycles. The van der Waals surface area contributed by atoms with E-state index in [1.807, 2.05) is 6.92 Å². The van der Waals surface area contributed by atoms with E-state index in [9.17, 15) is 4.79 Å². The third kappa shape index (κ3) is 2.22. The molecule has 1 atom stereocenters. The van der Waals surface area contributed by atoms with Crippen molar-refractivity contribution in [1.82, 2.24) is 0 Å². The van der Waals surface area contributed by atoms with E-state index in [0.717, 1.165) is 12.3 Å². The summed E-state index contributed by atoms with van der Waals surface area (Å²) in [6, 6.07) is 0. The minimum absolute atomic E-state index is 0. The fourth-order valence-electron chi connectivity index (χ4n) is 2.92. The molecular weight excluding hydrogens is 200 g/mol. The van der Waals surface area contributed by atoms with Gasteiger partial charge in [-0.3, -0.25) is 4.79 Å². The van der Waals surface area contributed by atoms with Crippen LogP contribution < -0.4 is 0 Å². The zero-order chi connectivity index (χ0) is 9.26. The van der Waals surface area contributed by atoms with Crippen LogP contribution in [-0.2, 0) is 9.53 Å². The van der Waals surface area contributed by atoms with Crippen molar-refractivity contribution >= 4 is 18.4 Å². The Morgan fingerprint density at radius 3 is 2.36 bits per heavy atom. The Bertz CT molecular complexity index is 197. The first-order valence-electron chi connectivity index (χ1n) is 5.48. The maximum absolute atomic E-state index is 11.6. The van der Waals surface area contributed by atoms with Gasteiger partial charge in [0, 0.05) is 0 Å². The molecule has 0 saturated heterocycles. The van der Waals surface area contributed by atoms with Gasteiger partial charge in [-0.15, -0.1) is 12.4 Å². The van der Waals surface area contributed by atoms with Crippen molar-refractivity contribution in [1.29, 1.82) is 0 Å². The van der Waals surface area contributed by atoms with E-state index in [-0.39, 0.29) is 24.3 Å². The van der Waals surface area contributed by atoms with Crippen LogP contribution in [0, 0.1) is 17.8 Å². The van der Waals surface area contributed by atoms with Crippen LogP contribution in [0.3, 0.4) is 0 Å². The summed E-state index contributed by atoms with van der Waals surface area (Å²) in [4.78, 5) is 11.6. The van der Waals surface area contributed by atoms with Gasteiger partial charge in [0.05, 0.1) is 12.5 Å². The fraction of sp³-hybridized carbons (Fsp3) is 0.909. The fourth-order valence-corrected chi connectivity index (χ4v) is 2.92. The molecular formula is C11H19ClO2. The van der Waals surface area contributed by atoms with Crippen LogP contribution in [-0.4, -0.2) is 12.6 Å². The smallest absolute Gasteiger partial charge is 0.309 e. The van der Waals surface area contributed by atoms with Gasteiger partial charge in [0.25, 0.3) is 0 Å². The van der Waals surface area contributed by atoms with Crippen molar-refractivity contribution in [3.8, 4) is 0 Å². The van der Waals surface area contributed by atoms with Crippen LogP contribution in [0.5, 0.6) is 0 Å². The quantitative estimate of drug-likeness (QED) is 0.667. The lowest BCUT2D eigenvalue weighted by molar-refractivity contribution is -0.153. The van der Waals surface area contributed by atoms with E-state index in [2.05, 4.69) is 0 Å². The number of rotatable bonds is 2. The van der Waals surface area contributed by atoms with E-state index in [4.69, 9.17) is 4.74 Å². The molecule has 0 heterocycles. The Hall–Kier alpha value is -0.240. The first-order chi connectivity index (χ1) is 6.31. The monoisotopic (exact) mass is 218 g/mol. The number of carbonyl (C=O) groups excluding carboxylic acids is 1. The number of ether oxygens (including phenoxy) is 1. The predicted octanol–water partition coefficient (Wildman–Crippen LogP) is 2.80. The molecule has 2 nitrogen and oxygen atoms in total. The van der Waals surface area contributed by atoms with Crippen molar-refractivity contribution in [2.45, 2.75) is 39.0 Å². The molecule has 3 heteroatoms. The maximum Gasteiger partial charge on any atom is 0.309 e. The van der Waals surface area contributed by atoms with Crippen LogP contribution in [0.4, 0.5) is 0 Å². The number of esters is 1. The SMILES string of the molecule is CCOC(=O)C1CC2CCC1CC2.Cl. The molecule has 0 aromatic rings. The minimum Gasteiger partial charge on any atom is -0.466 e. The highest BCUT2D eigenvalue weighted by Gasteiger charge is 2.39. The summed E-state index contributed by atoms with van der Waals surface area (Å²) >= 11 is 0. The summed E-state index contributed by atoms with van der Waals surface area (Å²) in [5.74, 6) is 1.77. The molecule has 3 fully saturated rings. The molecule has 3 rings (SSSR count). The van der Waals surface area contributed by atoms with Crippen LogP contribution in [0.25, 0.3) is 0 Å². The van der Waals surface area contributed by atoms with Crippen LogP contribution in [0.1, 0.15) is 39.0 Å². The van der Waals surface area contributed by atoms with E-state index < -0.39 is 0 Å². The molecule has 0 spiro atoms. The van der Waals surface area contributed by atoms with Gasteiger partial charge in [-0.25, -0.2) is 0 Å². The highest BCUT2D eigenvalue weighted by Crippen LogP contribution is 2.45.